The van der Waals surface area contributed by atoms with Crippen molar-refractivity contribution in [1.82, 2.24) is 0 Å². The molecule has 0 radical (unpaired) electrons. The first-order chi connectivity index (χ1) is 9.71. The minimum Gasteiger partial charge on any atom is -0.388 e. The highest BCUT2D eigenvalue weighted by Crippen LogP contribution is 2.18. The molecule has 0 aromatic heterocycles. The minimum atomic E-state index is -2.84. The number of hydrogen-bond acceptors (Lipinski definition) is 1. The van der Waals surface area contributed by atoms with Crippen molar-refractivity contribution in [2.75, 3.05) is 0 Å². The van der Waals surface area contributed by atoms with Gasteiger partial charge in [-0.15, -0.1) is 0 Å². The van der Waals surface area contributed by atoms with Crippen molar-refractivity contribution in [1.29, 1.82) is 0 Å². The van der Waals surface area contributed by atoms with Gasteiger partial charge in [-0.05, 0) is 23.9 Å². The molecule has 2 rings (SSSR count). The molecule has 0 saturated heterocycles. The summed E-state index contributed by atoms with van der Waals surface area (Å²) in [5.41, 5.74) is 0.0893. The Labute approximate surface area is 103 Å². The lowest BCUT2D eigenvalue weighted by molar-refractivity contribution is 0.168. The van der Waals surface area contributed by atoms with Gasteiger partial charge in [0.15, 0.2) is 0 Å². The zero-order chi connectivity index (χ0) is 15.7. The lowest BCUT2D eigenvalue weighted by Gasteiger charge is -2.10. The summed E-state index contributed by atoms with van der Waals surface area (Å²) in [6, 6.07) is 15.4. The van der Waals surface area contributed by atoms with Gasteiger partial charge in [-0.25, -0.2) is 0 Å². The molecule has 1 unspecified atom stereocenters. The summed E-state index contributed by atoms with van der Waals surface area (Å²) in [5.74, 6) is 0. The van der Waals surface area contributed by atoms with Crippen LogP contribution in [0.4, 0.5) is 0 Å². The quantitative estimate of drug-likeness (QED) is 0.832. The van der Waals surface area contributed by atoms with Crippen LogP contribution in [0.3, 0.4) is 0 Å². The zero-order valence-electron chi connectivity index (χ0n) is 13.7. The van der Waals surface area contributed by atoms with Crippen LogP contribution < -0.4 is 0 Å². The van der Waals surface area contributed by atoms with E-state index in [1.807, 2.05) is 0 Å². The van der Waals surface area contributed by atoms with Crippen molar-refractivity contribution >= 4 is 0 Å². The van der Waals surface area contributed by atoms with Gasteiger partial charge in [-0.2, -0.15) is 0 Å². The van der Waals surface area contributed by atoms with Crippen molar-refractivity contribution in [2.24, 2.45) is 0 Å². The molecular weight excluding hydrogens is 196 g/mol. The summed E-state index contributed by atoms with van der Waals surface area (Å²) in [5, 5.41) is 10.4. The molecule has 2 aromatic carbocycles. The highest BCUT2D eigenvalue weighted by Gasteiger charge is 2.06. The molecule has 0 aliphatic carbocycles. The molecule has 1 N–H and O–H groups in total. The molecule has 1 nitrogen and oxygen atoms in total. The highest BCUT2D eigenvalue weighted by atomic mass is 16.3. The van der Waals surface area contributed by atoms with Gasteiger partial charge in [0.25, 0.3) is 0 Å². The average molecular weight is 217 g/mol. The zero-order valence-corrected chi connectivity index (χ0v) is 8.72. The van der Waals surface area contributed by atoms with Crippen LogP contribution in [0.1, 0.15) is 30.4 Å². The maximum Gasteiger partial charge on any atom is 0.0793 e. The summed E-state index contributed by atoms with van der Waals surface area (Å²) >= 11 is 0. The standard InChI is InChI=1S/C15H16O/c16-15(14-9-5-2-6-10-14)12-11-13-7-3-1-4-8-13/h1-10,15-16H,11-12H2/i11D2,12D2,15D. The van der Waals surface area contributed by atoms with Gasteiger partial charge in [-0.1, -0.05) is 60.7 Å². The molecule has 82 valence electrons. The fourth-order valence-corrected chi connectivity index (χ4v) is 1.32. The number of benzene rings is 2. The van der Waals surface area contributed by atoms with Crippen molar-refractivity contribution in [3.8, 4) is 0 Å². The van der Waals surface area contributed by atoms with E-state index in [0.717, 1.165) is 0 Å². The van der Waals surface area contributed by atoms with Crippen molar-refractivity contribution in [3.05, 3.63) is 71.8 Å². The van der Waals surface area contributed by atoms with Crippen LogP contribution in [0.25, 0.3) is 0 Å². The van der Waals surface area contributed by atoms with E-state index in [2.05, 4.69) is 0 Å². The predicted octanol–water partition coefficient (Wildman–Crippen LogP) is 3.35. The van der Waals surface area contributed by atoms with Gasteiger partial charge in [-0.3, -0.25) is 0 Å². The maximum atomic E-state index is 10.4. The number of rotatable bonds is 4. The molecule has 0 aliphatic heterocycles. The van der Waals surface area contributed by atoms with Crippen molar-refractivity contribution in [3.63, 3.8) is 0 Å². The van der Waals surface area contributed by atoms with E-state index in [1.165, 1.54) is 24.3 Å². The molecule has 0 aliphatic rings. The molecule has 0 fully saturated rings. The van der Waals surface area contributed by atoms with Gasteiger partial charge in [0, 0.05) is 5.48 Å². The fourth-order valence-electron chi connectivity index (χ4n) is 1.32. The van der Waals surface area contributed by atoms with E-state index in [4.69, 9.17) is 6.85 Å². The first-order valence-corrected chi connectivity index (χ1v) is 5.04. The third kappa shape index (κ3) is 2.94. The van der Waals surface area contributed by atoms with Gasteiger partial charge in [0.2, 0.25) is 0 Å². The fraction of sp³-hybridized carbons (Fsp3) is 0.200. The van der Waals surface area contributed by atoms with Gasteiger partial charge in [0.05, 0.1) is 7.45 Å². The minimum absolute atomic E-state index is 0.00908. The molecular formula is C15H16O. The number of hydrogen-bond donors (Lipinski definition) is 1. The molecule has 0 bridgehead atoms. The Morgan fingerprint density at radius 2 is 1.56 bits per heavy atom. The number of aliphatic hydroxyl groups is 1. The lowest BCUT2D eigenvalue weighted by Crippen LogP contribution is -1.99. The highest BCUT2D eigenvalue weighted by molar-refractivity contribution is 5.19. The molecule has 1 heteroatoms. The second-order valence-corrected chi connectivity index (χ2v) is 3.33. The molecule has 0 amide bonds. The monoisotopic (exact) mass is 217 g/mol. The van der Waals surface area contributed by atoms with Crippen molar-refractivity contribution < 1.29 is 12.0 Å². The Bertz CT molecular complexity index is 542. The normalized spacial score (nSPS) is 20.7. The molecule has 0 spiro atoms. The smallest absolute Gasteiger partial charge is 0.0793 e. The third-order valence-corrected chi connectivity index (χ3v) is 2.15. The average Bonchev–Trinajstić information content (AvgIpc) is 2.48. The second kappa shape index (κ2) is 5.47. The predicted molar refractivity (Wildman–Crippen MR) is 66.2 cm³/mol. The van der Waals surface area contributed by atoms with E-state index in [9.17, 15) is 5.11 Å². The first-order valence-electron chi connectivity index (χ1n) is 7.54. The summed E-state index contributed by atoms with van der Waals surface area (Å²) in [4.78, 5) is 0. The second-order valence-electron chi connectivity index (χ2n) is 3.33. The van der Waals surface area contributed by atoms with Gasteiger partial charge >= 0.3 is 0 Å². The lowest BCUT2D eigenvalue weighted by atomic mass is 10.0. The van der Waals surface area contributed by atoms with E-state index < -0.39 is 18.8 Å². The van der Waals surface area contributed by atoms with Crippen LogP contribution in [0.15, 0.2) is 60.7 Å². The van der Waals surface area contributed by atoms with Crippen molar-refractivity contribution in [2.45, 2.75) is 18.8 Å². The first kappa shape index (κ1) is 6.21. The molecule has 0 heterocycles. The molecule has 2 aromatic rings. The largest absolute Gasteiger partial charge is 0.388 e. The topological polar surface area (TPSA) is 20.2 Å². The Kier molecular flexibility index (Phi) is 2.13. The summed E-state index contributed by atoms with van der Waals surface area (Å²) in [7, 11) is 0. The van der Waals surface area contributed by atoms with E-state index in [-0.39, 0.29) is 11.1 Å². The summed E-state index contributed by atoms with van der Waals surface area (Å²) < 4.78 is 40.3. The van der Waals surface area contributed by atoms with Crippen LogP contribution in [0.2, 0.25) is 0 Å². The molecule has 0 saturated carbocycles. The number of aryl methyl sites for hydroxylation is 1. The van der Waals surface area contributed by atoms with E-state index in [1.54, 1.807) is 36.4 Å². The Balaban J connectivity index is 2.50. The third-order valence-electron chi connectivity index (χ3n) is 2.15. The Morgan fingerprint density at radius 3 is 2.19 bits per heavy atom. The van der Waals surface area contributed by atoms with Crippen LogP contribution >= 0.6 is 0 Å². The SMILES string of the molecule is [2H]C([2H])(c1ccccc1)C([2H])([2H])C([2H])(O)c1ccccc1. The summed E-state index contributed by atoms with van der Waals surface area (Å²) in [6.07, 6.45) is -8.09. The van der Waals surface area contributed by atoms with Crippen LogP contribution in [0.5, 0.6) is 0 Å². The molecule has 1 atom stereocenters. The van der Waals surface area contributed by atoms with E-state index >= 15 is 0 Å². The van der Waals surface area contributed by atoms with Crippen LogP contribution in [0, 0.1) is 0 Å². The van der Waals surface area contributed by atoms with Gasteiger partial charge < -0.3 is 5.11 Å². The molecule has 16 heavy (non-hydrogen) atoms. The van der Waals surface area contributed by atoms with E-state index in [0.29, 0.717) is 0 Å². The van der Waals surface area contributed by atoms with Gasteiger partial charge in [0.1, 0.15) is 0 Å². The Hall–Kier alpha value is -1.60. The maximum absolute atomic E-state index is 10.4. The summed E-state index contributed by atoms with van der Waals surface area (Å²) in [6.45, 7) is 0. The van der Waals surface area contributed by atoms with Crippen LogP contribution in [-0.2, 0) is 6.37 Å². The van der Waals surface area contributed by atoms with Crippen LogP contribution in [-0.4, -0.2) is 5.11 Å². The Morgan fingerprint density at radius 1 is 1.00 bits per heavy atom.